The van der Waals surface area contributed by atoms with Crippen molar-refractivity contribution >= 4 is 34.3 Å². The summed E-state index contributed by atoms with van der Waals surface area (Å²) in [5.41, 5.74) is 2.71. The van der Waals surface area contributed by atoms with Crippen LogP contribution in [0.3, 0.4) is 0 Å². The Labute approximate surface area is 153 Å². The Morgan fingerprint density at radius 2 is 1.88 bits per heavy atom. The number of anilines is 1. The van der Waals surface area contributed by atoms with E-state index in [0.29, 0.717) is 33.5 Å². The maximum absolute atomic E-state index is 12.5. The van der Waals surface area contributed by atoms with E-state index in [4.69, 9.17) is 16.0 Å². The van der Waals surface area contributed by atoms with Crippen LogP contribution in [-0.4, -0.2) is 25.7 Å². The van der Waals surface area contributed by atoms with Gasteiger partial charge in [0.05, 0.1) is 5.69 Å². The number of oxazole rings is 1. The lowest BCUT2D eigenvalue weighted by Crippen LogP contribution is -2.14. The highest BCUT2D eigenvalue weighted by molar-refractivity contribution is 6.30. The zero-order valence-corrected chi connectivity index (χ0v) is 14.8. The van der Waals surface area contributed by atoms with Crippen LogP contribution in [0, 0.1) is 13.8 Å². The van der Waals surface area contributed by atoms with Crippen molar-refractivity contribution in [3.63, 3.8) is 0 Å². The standard InChI is InChI=1S/C18H14ClN5O2/c1-10-20-17(23-24(10)14-6-3-12(19)4-7-14)18(25)22-13-5-8-16-15(9-13)21-11(2)26-16/h3-9H,1-2H3,(H,22,25). The average Bonchev–Trinajstić information content (AvgIpc) is 3.17. The molecule has 2 aromatic carbocycles. The van der Waals surface area contributed by atoms with Crippen LogP contribution in [0.25, 0.3) is 16.8 Å². The second kappa shape index (κ2) is 6.27. The number of nitrogens with one attached hydrogen (secondary N) is 1. The number of aromatic nitrogens is 4. The van der Waals surface area contributed by atoms with Crippen LogP contribution in [0.5, 0.6) is 0 Å². The summed E-state index contributed by atoms with van der Waals surface area (Å²) in [5.74, 6) is 0.844. The highest BCUT2D eigenvalue weighted by Crippen LogP contribution is 2.20. The molecule has 1 N–H and O–H groups in total. The van der Waals surface area contributed by atoms with Gasteiger partial charge in [-0.25, -0.2) is 14.6 Å². The largest absolute Gasteiger partial charge is 0.441 e. The third kappa shape index (κ3) is 3.04. The summed E-state index contributed by atoms with van der Waals surface area (Å²) in [7, 11) is 0. The highest BCUT2D eigenvalue weighted by atomic mass is 35.5. The van der Waals surface area contributed by atoms with E-state index < -0.39 is 5.91 Å². The molecular weight excluding hydrogens is 354 g/mol. The molecule has 0 saturated heterocycles. The summed E-state index contributed by atoms with van der Waals surface area (Å²) in [5, 5.41) is 7.70. The van der Waals surface area contributed by atoms with Gasteiger partial charge in [0, 0.05) is 17.6 Å². The van der Waals surface area contributed by atoms with Crippen LogP contribution in [0.4, 0.5) is 5.69 Å². The van der Waals surface area contributed by atoms with Gasteiger partial charge < -0.3 is 9.73 Å². The molecule has 0 saturated carbocycles. The molecule has 130 valence electrons. The Hall–Kier alpha value is -3.19. The van der Waals surface area contributed by atoms with Crippen molar-refractivity contribution in [3.05, 3.63) is 65.0 Å². The van der Waals surface area contributed by atoms with Crippen LogP contribution in [0.15, 0.2) is 46.9 Å². The number of amides is 1. The van der Waals surface area contributed by atoms with E-state index in [9.17, 15) is 4.79 Å². The summed E-state index contributed by atoms with van der Waals surface area (Å²) < 4.78 is 7.02. The number of rotatable bonds is 3. The number of carbonyl (C=O) groups is 1. The smallest absolute Gasteiger partial charge is 0.295 e. The molecule has 2 aromatic heterocycles. The quantitative estimate of drug-likeness (QED) is 0.593. The number of nitrogens with zero attached hydrogens (tertiary/aromatic N) is 4. The van der Waals surface area contributed by atoms with Gasteiger partial charge in [0.25, 0.3) is 5.91 Å². The lowest BCUT2D eigenvalue weighted by molar-refractivity contribution is 0.101. The minimum absolute atomic E-state index is 0.0777. The summed E-state index contributed by atoms with van der Waals surface area (Å²) in [6, 6.07) is 12.4. The number of carbonyl (C=O) groups excluding carboxylic acids is 1. The van der Waals surface area contributed by atoms with Crippen molar-refractivity contribution in [1.82, 2.24) is 19.7 Å². The molecule has 2 heterocycles. The Morgan fingerprint density at radius 1 is 1.12 bits per heavy atom. The summed E-state index contributed by atoms with van der Waals surface area (Å²) in [6.45, 7) is 3.55. The molecule has 8 heteroatoms. The van der Waals surface area contributed by atoms with Crippen molar-refractivity contribution in [2.75, 3.05) is 5.32 Å². The first-order valence-electron chi connectivity index (χ1n) is 7.88. The Morgan fingerprint density at radius 3 is 2.65 bits per heavy atom. The van der Waals surface area contributed by atoms with E-state index in [1.807, 2.05) is 12.1 Å². The van der Waals surface area contributed by atoms with Crippen molar-refractivity contribution in [3.8, 4) is 5.69 Å². The van der Waals surface area contributed by atoms with Crippen LogP contribution in [0.2, 0.25) is 5.02 Å². The lowest BCUT2D eigenvalue weighted by atomic mass is 10.3. The molecule has 0 unspecified atom stereocenters. The van der Waals surface area contributed by atoms with E-state index in [1.165, 1.54) is 0 Å². The van der Waals surface area contributed by atoms with Crippen LogP contribution < -0.4 is 5.32 Å². The minimum atomic E-state index is -0.402. The summed E-state index contributed by atoms with van der Waals surface area (Å²) in [4.78, 5) is 21.0. The SMILES string of the molecule is Cc1nc2cc(NC(=O)c3nc(C)n(-c4ccc(Cl)cc4)n3)ccc2o1. The van der Waals surface area contributed by atoms with E-state index in [-0.39, 0.29) is 5.82 Å². The number of hydrogen-bond acceptors (Lipinski definition) is 5. The van der Waals surface area contributed by atoms with Crippen LogP contribution in [-0.2, 0) is 0 Å². The fourth-order valence-electron chi connectivity index (χ4n) is 2.62. The molecular formula is C18H14ClN5O2. The van der Waals surface area contributed by atoms with Gasteiger partial charge >= 0.3 is 0 Å². The normalized spacial score (nSPS) is 11.0. The highest BCUT2D eigenvalue weighted by Gasteiger charge is 2.16. The van der Waals surface area contributed by atoms with Gasteiger partial charge in [0.2, 0.25) is 5.82 Å². The monoisotopic (exact) mass is 367 g/mol. The third-order valence-corrected chi connectivity index (χ3v) is 4.05. The van der Waals surface area contributed by atoms with Gasteiger partial charge in [-0.1, -0.05) is 11.6 Å². The van der Waals surface area contributed by atoms with Crippen molar-refractivity contribution in [2.45, 2.75) is 13.8 Å². The first kappa shape index (κ1) is 16.3. The third-order valence-electron chi connectivity index (χ3n) is 3.80. The van der Waals surface area contributed by atoms with Gasteiger partial charge in [0.15, 0.2) is 11.5 Å². The lowest BCUT2D eigenvalue weighted by Gasteiger charge is -2.03. The van der Waals surface area contributed by atoms with Crippen molar-refractivity contribution in [1.29, 1.82) is 0 Å². The topological polar surface area (TPSA) is 85.8 Å². The van der Waals surface area contributed by atoms with Gasteiger partial charge in [-0.3, -0.25) is 4.79 Å². The molecule has 26 heavy (non-hydrogen) atoms. The van der Waals surface area contributed by atoms with Crippen LogP contribution in [0.1, 0.15) is 22.3 Å². The van der Waals surface area contributed by atoms with Crippen molar-refractivity contribution in [2.24, 2.45) is 0 Å². The second-order valence-electron chi connectivity index (χ2n) is 5.74. The molecule has 1 amide bonds. The van der Waals surface area contributed by atoms with Crippen molar-refractivity contribution < 1.29 is 9.21 Å². The molecule has 4 aromatic rings. The Balaban J connectivity index is 1.59. The Kier molecular flexibility index (Phi) is 3.93. The first-order valence-corrected chi connectivity index (χ1v) is 8.25. The van der Waals surface area contributed by atoms with Gasteiger partial charge in [-0.15, -0.1) is 5.10 Å². The van der Waals surface area contributed by atoms with Gasteiger partial charge in [-0.05, 0) is 49.4 Å². The molecule has 0 aliphatic rings. The molecule has 0 spiro atoms. The second-order valence-corrected chi connectivity index (χ2v) is 6.18. The molecule has 4 rings (SSSR count). The van der Waals surface area contributed by atoms with Gasteiger partial charge in [-0.2, -0.15) is 0 Å². The number of fused-ring (bicyclic) bond motifs is 1. The van der Waals surface area contributed by atoms with Gasteiger partial charge in [0.1, 0.15) is 11.3 Å². The summed E-state index contributed by atoms with van der Waals surface area (Å²) in [6.07, 6.45) is 0. The van der Waals surface area contributed by atoms with Crippen LogP contribution >= 0.6 is 11.6 Å². The van der Waals surface area contributed by atoms with E-state index in [2.05, 4.69) is 20.4 Å². The number of hydrogen-bond donors (Lipinski definition) is 1. The predicted molar refractivity (Wildman–Crippen MR) is 97.8 cm³/mol. The molecule has 0 fully saturated rings. The predicted octanol–water partition coefficient (Wildman–Crippen LogP) is 3.93. The number of benzene rings is 2. The Bertz CT molecular complexity index is 1110. The molecule has 0 aliphatic heterocycles. The molecule has 0 aliphatic carbocycles. The zero-order valence-electron chi connectivity index (χ0n) is 14.0. The maximum Gasteiger partial charge on any atom is 0.295 e. The average molecular weight is 368 g/mol. The maximum atomic E-state index is 12.5. The fourth-order valence-corrected chi connectivity index (χ4v) is 2.75. The van der Waals surface area contributed by atoms with E-state index >= 15 is 0 Å². The number of halogens is 1. The molecule has 0 radical (unpaired) electrons. The van der Waals surface area contributed by atoms with E-state index in [1.54, 1.807) is 48.9 Å². The number of aryl methyl sites for hydroxylation is 2. The zero-order chi connectivity index (χ0) is 18.3. The molecule has 0 bridgehead atoms. The first-order chi connectivity index (χ1) is 12.5. The molecule has 7 nitrogen and oxygen atoms in total. The fraction of sp³-hybridized carbons (Fsp3) is 0.111. The minimum Gasteiger partial charge on any atom is -0.441 e. The van der Waals surface area contributed by atoms with E-state index in [0.717, 1.165) is 5.69 Å². The summed E-state index contributed by atoms with van der Waals surface area (Å²) >= 11 is 5.91. The molecule has 0 atom stereocenters.